The highest BCUT2D eigenvalue weighted by Crippen LogP contribution is 2.39. The highest BCUT2D eigenvalue weighted by molar-refractivity contribution is 7.17. The van der Waals surface area contributed by atoms with Crippen LogP contribution in [0.25, 0.3) is 10.2 Å². The van der Waals surface area contributed by atoms with Crippen LogP contribution in [-0.4, -0.2) is 16.9 Å². The molecule has 0 fully saturated rings. The molecule has 0 atom stereocenters. The number of rotatable bonds is 2. The predicted molar refractivity (Wildman–Crippen MR) is 94.7 cm³/mol. The van der Waals surface area contributed by atoms with Crippen molar-refractivity contribution in [1.82, 2.24) is 10.3 Å². The summed E-state index contributed by atoms with van der Waals surface area (Å²) in [5.41, 5.74) is 1.59. The SMILES string of the molecule is O=C(NC1Cc2ccccc2C1)c1csc2c(C(F)(F)F)cc(Cl)nc12. The molecule has 0 spiro atoms. The van der Waals surface area contributed by atoms with Gasteiger partial charge in [0.15, 0.2) is 0 Å². The minimum absolute atomic E-state index is 0.0113. The van der Waals surface area contributed by atoms with Gasteiger partial charge in [0.25, 0.3) is 5.91 Å². The van der Waals surface area contributed by atoms with Gasteiger partial charge < -0.3 is 5.32 Å². The molecule has 1 aliphatic rings. The molecule has 3 nitrogen and oxygen atoms in total. The van der Waals surface area contributed by atoms with Gasteiger partial charge in [-0.2, -0.15) is 13.2 Å². The minimum Gasteiger partial charge on any atom is -0.349 e. The summed E-state index contributed by atoms with van der Waals surface area (Å²) in [6, 6.07) is 8.61. The number of halogens is 4. The average molecular weight is 397 g/mol. The summed E-state index contributed by atoms with van der Waals surface area (Å²) in [5.74, 6) is -0.433. The second kappa shape index (κ2) is 6.25. The van der Waals surface area contributed by atoms with Crippen molar-refractivity contribution < 1.29 is 18.0 Å². The Bertz CT molecular complexity index is 990. The van der Waals surface area contributed by atoms with Gasteiger partial charge in [-0.1, -0.05) is 35.9 Å². The van der Waals surface area contributed by atoms with E-state index in [4.69, 9.17) is 11.6 Å². The van der Waals surface area contributed by atoms with Crippen LogP contribution in [-0.2, 0) is 19.0 Å². The fourth-order valence-electron chi connectivity index (χ4n) is 3.27. The number of pyridine rings is 1. The minimum atomic E-state index is -4.56. The van der Waals surface area contributed by atoms with Gasteiger partial charge in [0.05, 0.1) is 21.3 Å². The number of nitrogens with one attached hydrogen (secondary N) is 1. The second-order valence-electron chi connectivity index (χ2n) is 6.16. The van der Waals surface area contributed by atoms with Crippen LogP contribution < -0.4 is 5.32 Å². The number of carbonyl (C=O) groups is 1. The van der Waals surface area contributed by atoms with Gasteiger partial charge in [-0.05, 0) is 30.0 Å². The van der Waals surface area contributed by atoms with E-state index in [9.17, 15) is 18.0 Å². The molecule has 2 aromatic heterocycles. The lowest BCUT2D eigenvalue weighted by Crippen LogP contribution is -2.35. The van der Waals surface area contributed by atoms with Crippen molar-refractivity contribution in [3.8, 4) is 0 Å². The largest absolute Gasteiger partial charge is 0.417 e. The first-order valence-corrected chi connectivity index (χ1v) is 9.11. The number of alkyl halides is 3. The summed E-state index contributed by atoms with van der Waals surface area (Å²) < 4.78 is 39.5. The van der Waals surface area contributed by atoms with Crippen molar-refractivity contribution in [1.29, 1.82) is 0 Å². The molecular formula is C18H12ClF3N2OS. The molecule has 134 valence electrons. The lowest BCUT2D eigenvalue weighted by atomic mass is 10.1. The highest BCUT2D eigenvalue weighted by Gasteiger charge is 2.35. The normalized spacial score (nSPS) is 14.6. The van der Waals surface area contributed by atoms with E-state index in [0.717, 1.165) is 17.4 Å². The Hall–Kier alpha value is -2.12. The maximum absolute atomic E-state index is 13.2. The highest BCUT2D eigenvalue weighted by atomic mass is 35.5. The molecule has 1 aliphatic carbocycles. The molecule has 1 N–H and O–H groups in total. The molecule has 8 heteroatoms. The van der Waals surface area contributed by atoms with Gasteiger partial charge >= 0.3 is 6.18 Å². The first-order valence-electron chi connectivity index (χ1n) is 7.85. The van der Waals surface area contributed by atoms with E-state index in [0.29, 0.717) is 12.8 Å². The van der Waals surface area contributed by atoms with E-state index in [1.54, 1.807) is 0 Å². The Labute approximate surface area is 155 Å². The van der Waals surface area contributed by atoms with Crippen LogP contribution in [0.2, 0.25) is 5.15 Å². The van der Waals surface area contributed by atoms with E-state index in [-0.39, 0.29) is 27.0 Å². The van der Waals surface area contributed by atoms with Gasteiger partial charge in [0.2, 0.25) is 0 Å². The van der Waals surface area contributed by atoms with Crippen LogP contribution >= 0.6 is 22.9 Å². The molecule has 26 heavy (non-hydrogen) atoms. The number of thiophene rings is 1. The maximum Gasteiger partial charge on any atom is 0.417 e. The van der Waals surface area contributed by atoms with E-state index in [1.807, 2.05) is 24.3 Å². The zero-order valence-electron chi connectivity index (χ0n) is 13.2. The number of carbonyl (C=O) groups excluding carboxylic acids is 1. The number of hydrogen-bond donors (Lipinski definition) is 1. The topological polar surface area (TPSA) is 42.0 Å². The van der Waals surface area contributed by atoms with Crippen LogP contribution in [0.15, 0.2) is 35.7 Å². The molecule has 2 heterocycles. The molecule has 0 saturated heterocycles. The maximum atomic E-state index is 13.2. The quantitative estimate of drug-likeness (QED) is 0.628. The van der Waals surface area contributed by atoms with E-state index >= 15 is 0 Å². The predicted octanol–water partition coefficient (Wildman–Crippen LogP) is 4.87. The van der Waals surface area contributed by atoms with Gasteiger partial charge in [-0.25, -0.2) is 4.98 Å². The monoisotopic (exact) mass is 396 g/mol. The third-order valence-corrected chi connectivity index (χ3v) is 5.62. The number of benzene rings is 1. The van der Waals surface area contributed by atoms with Crippen LogP contribution in [0, 0.1) is 0 Å². The number of fused-ring (bicyclic) bond motifs is 2. The fraction of sp³-hybridized carbons (Fsp3) is 0.222. The molecule has 0 aliphatic heterocycles. The summed E-state index contributed by atoms with van der Waals surface area (Å²) in [4.78, 5) is 16.6. The summed E-state index contributed by atoms with van der Waals surface area (Å²) in [6.45, 7) is 0. The molecule has 4 rings (SSSR count). The van der Waals surface area contributed by atoms with Crippen molar-refractivity contribution in [2.75, 3.05) is 0 Å². The molecule has 1 amide bonds. The standard InChI is InChI=1S/C18H12ClF3N2OS/c19-14-7-13(18(20,21)22)16-15(24-14)12(8-26-16)17(25)23-11-5-9-3-1-2-4-10(9)6-11/h1-4,7-8,11H,5-6H2,(H,23,25). The van der Waals surface area contributed by atoms with E-state index < -0.39 is 17.6 Å². The summed E-state index contributed by atoms with van der Waals surface area (Å²) in [5, 5.41) is 4.02. The summed E-state index contributed by atoms with van der Waals surface area (Å²) >= 11 is 6.60. The van der Waals surface area contributed by atoms with Crippen LogP contribution in [0.5, 0.6) is 0 Å². The smallest absolute Gasteiger partial charge is 0.349 e. The molecule has 1 aromatic carbocycles. The van der Waals surface area contributed by atoms with E-state index in [2.05, 4.69) is 10.3 Å². The molecule has 0 unspecified atom stereocenters. The fourth-order valence-corrected chi connectivity index (χ4v) is 4.49. The Morgan fingerprint density at radius 1 is 1.23 bits per heavy atom. The number of amides is 1. The average Bonchev–Trinajstić information content (AvgIpc) is 3.15. The lowest BCUT2D eigenvalue weighted by molar-refractivity contribution is -0.136. The third-order valence-electron chi connectivity index (χ3n) is 4.43. The zero-order chi connectivity index (χ0) is 18.5. The molecule has 0 radical (unpaired) electrons. The lowest BCUT2D eigenvalue weighted by Gasteiger charge is -2.12. The van der Waals surface area contributed by atoms with Crippen LogP contribution in [0.4, 0.5) is 13.2 Å². The molecule has 3 aromatic rings. The number of hydrogen-bond acceptors (Lipinski definition) is 3. The zero-order valence-corrected chi connectivity index (χ0v) is 14.8. The first kappa shape index (κ1) is 17.3. The van der Waals surface area contributed by atoms with Crippen molar-refractivity contribution in [3.63, 3.8) is 0 Å². The van der Waals surface area contributed by atoms with E-state index in [1.165, 1.54) is 16.5 Å². The summed E-state index contributed by atoms with van der Waals surface area (Å²) in [6.07, 6.45) is -3.16. The second-order valence-corrected chi connectivity index (χ2v) is 7.43. The molecule has 0 saturated carbocycles. The van der Waals surface area contributed by atoms with Crippen LogP contribution in [0.3, 0.4) is 0 Å². The summed E-state index contributed by atoms with van der Waals surface area (Å²) in [7, 11) is 0. The Kier molecular flexibility index (Phi) is 4.16. The van der Waals surface area contributed by atoms with Crippen LogP contribution in [0.1, 0.15) is 27.0 Å². The first-order chi connectivity index (χ1) is 12.3. The van der Waals surface area contributed by atoms with Crippen molar-refractivity contribution in [2.24, 2.45) is 0 Å². The van der Waals surface area contributed by atoms with Gasteiger partial charge in [-0.15, -0.1) is 11.3 Å². The van der Waals surface area contributed by atoms with Crippen molar-refractivity contribution in [2.45, 2.75) is 25.1 Å². The third kappa shape index (κ3) is 3.05. The number of aromatic nitrogens is 1. The van der Waals surface area contributed by atoms with Crippen molar-refractivity contribution in [3.05, 3.63) is 63.1 Å². The molecular weight excluding hydrogens is 385 g/mol. The Morgan fingerprint density at radius 3 is 2.50 bits per heavy atom. The Balaban J connectivity index is 1.63. The van der Waals surface area contributed by atoms with Crippen molar-refractivity contribution >= 4 is 39.1 Å². The van der Waals surface area contributed by atoms with Gasteiger partial charge in [0, 0.05) is 11.4 Å². The Morgan fingerprint density at radius 2 is 1.88 bits per heavy atom. The molecule has 0 bridgehead atoms. The van der Waals surface area contributed by atoms with Gasteiger partial charge in [-0.3, -0.25) is 4.79 Å². The van der Waals surface area contributed by atoms with Gasteiger partial charge in [0.1, 0.15) is 5.15 Å². The number of nitrogens with zero attached hydrogens (tertiary/aromatic N) is 1.